The first-order valence-corrected chi connectivity index (χ1v) is 5.39. The molecule has 3 N–H and O–H groups in total. The zero-order chi connectivity index (χ0) is 11.4. The monoisotopic (exact) mass is 224 g/mol. The molecule has 6 nitrogen and oxygen atoms in total. The van der Waals surface area contributed by atoms with Gasteiger partial charge in [0.1, 0.15) is 0 Å². The summed E-state index contributed by atoms with van der Waals surface area (Å²) in [5, 5.41) is 12.3. The first-order chi connectivity index (χ1) is 7.75. The Bertz CT molecular complexity index is 333. The van der Waals surface area contributed by atoms with Crippen LogP contribution in [0.15, 0.2) is 12.4 Å². The number of hydrogen-bond donors (Lipinski definition) is 3. The molecule has 2 amide bonds. The lowest BCUT2D eigenvalue weighted by Crippen LogP contribution is -2.43. The highest BCUT2D eigenvalue weighted by molar-refractivity contribution is 5.74. The van der Waals surface area contributed by atoms with Crippen LogP contribution in [0.3, 0.4) is 0 Å². The smallest absolute Gasteiger partial charge is 0.315 e. The van der Waals surface area contributed by atoms with E-state index < -0.39 is 0 Å². The van der Waals surface area contributed by atoms with E-state index in [1.165, 1.54) is 0 Å². The number of carbonyl (C=O) groups excluding carboxylic acids is 1. The van der Waals surface area contributed by atoms with E-state index in [4.69, 9.17) is 4.74 Å². The second-order valence-corrected chi connectivity index (χ2v) is 3.93. The fourth-order valence-electron chi connectivity index (χ4n) is 1.65. The summed E-state index contributed by atoms with van der Waals surface area (Å²) in [7, 11) is 0. The molecule has 2 rings (SSSR count). The average molecular weight is 224 g/mol. The van der Waals surface area contributed by atoms with E-state index in [1.54, 1.807) is 12.4 Å². The molecule has 1 aromatic rings. The van der Waals surface area contributed by atoms with Crippen LogP contribution in [0.1, 0.15) is 24.9 Å². The van der Waals surface area contributed by atoms with Crippen LogP contribution in [0, 0.1) is 0 Å². The Kier molecular flexibility index (Phi) is 3.40. The topological polar surface area (TPSA) is 79.0 Å². The Morgan fingerprint density at radius 1 is 1.75 bits per heavy atom. The van der Waals surface area contributed by atoms with Gasteiger partial charge in [0.05, 0.1) is 24.9 Å². The van der Waals surface area contributed by atoms with Crippen molar-refractivity contribution in [2.24, 2.45) is 0 Å². The molecule has 1 aliphatic rings. The molecule has 1 aromatic heterocycles. The maximum atomic E-state index is 11.6. The number of ether oxygens (including phenoxy) is 1. The van der Waals surface area contributed by atoms with Gasteiger partial charge < -0.3 is 15.4 Å². The second kappa shape index (κ2) is 4.98. The fourth-order valence-corrected chi connectivity index (χ4v) is 1.65. The zero-order valence-corrected chi connectivity index (χ0v) is 9.19. The Morgan fingerprint density at radius 3 is 3.25 bits per heavy atom. The molecule has 2 heterocycles. The molecule has 0 saturated carbocycles. The van der Waals surface area contributed by atoms with Gasteiger partial charge in [-0.3, -0.25) is 5.10 Å². The zero-order valence-electron chi connectivity index (χ0n) is 9.19. The van der Waals surface area contributed by atoms with Crippen LogP contribution in [0.5, 0.6) is 0 Å². The van der Waals surface area contributed by atoms with Crippen LogP contribution in [-0.4, -0.2) is 35.5 Å². The molecule has 1 fully saturated rings. The summed E-state index contributed by atoms with van der Waals surface area (Å²) >= 11 is 0. The number of aromatic nitrogens is 2. The second-order valence-electron chi connectivity index (χ2n) is 3.93. The highest BCUT2D eigenvalue weighted by atomic mass is 16.5. The van der Waals surface area contributed by atoms with Crippen LogP contribution >= 0.6 is 0 Å². The van der Waals surface area contributed by atoms with Crippen LogP contribution in [0.25, 0.3) is 0 Å². The SMILES string of the molecule is CC(NC(=O)NC1CCOC1)c1cn[nH]c1. The number of hydrogen-bond acceptors (Lipinski definition) is 3. The van der Waals surface area contributed by atoms with Gasteiger partial charge in [0.15, 0.2) is 0 Å². The van der Waals surface area contributed by atoms with Crippen molar-refractivity contribution < 1.29 is 9.53 Å². The van der Waals surface area contributed by atoms with Gasteiger partial charge in [-0.1, -0.05) is 0 Å². The van der Waals surface area contributed by atoms with Gasteiger partial charge in [-0.25, -0.2) is 4.79 Å². The maximum Gasteiger partial charge on any atom is 0.315 e. The minimum absolute atomic E-state index is 0.0546. The van der Waals surface area contributed by atoms with Crippen molar-refractivity contribution in [1.82, 2.24) is 20.8 Å². The van der Waals surface area contributed by atoms with E-state index in [1.807, 2.05) is 6.92 Å². The number of urea groups is 1. The highest BCUT2D eigenvalue weighted by Crippen LogP contribution is 2.09. The van der Waals surface area contributed by atoms with Crippen molar-refractivity contribution in [2.75, 3.05) is 13.2 Å². The van der Waals surface area contributed by atoms with Crippen molar-refractivity contribution >= 4 is 6.03 Å². The number of rotatable bonds is 3. The number of aromatic amines is 1. The van der Waals surface area contributed by atoms with Crippen LogP contribution in [0.4, 0.5) is 4.79 Å². The molecule has 2 unspecified atom stereocenters. The number of carbonyl (C=O) groups is 1. The van der Waals surface area contributed by atoms with E-state index in [-0.39, 0.29) is 18.1 Å². The summed E-state index contributed by atoms with van der Waals surface area (Å²) < 4.78 is 5.18. The summed E-state index contributed by atoms with van der Waals surface area (Å²) in [5.74, 6) is 0. The molecule has 0 aliphatic carbocycles. The lowest BCUT2D eigenvalue weighted by molar-refractivity contribution is 0.188. The van der Waals surface area contributed by atoms with Crippen LogP contribution in [0.2, 0.25) is 0 Å². The quantitative estimate of drug-likeness (QED) is 0.702. The summed E-state index contributed by atoms with van der Waals surface area (Å²) in [5.41, 5.74) is 0.956. The summed E-state index contributed by atoms with van der Waals surface area (Å²) in [6.07, 6.45) is 4.35. The largest absolute Gasteiger partial charge is 0.379 e. The van der Waals surface area contributed by atoms with E-state index in [0.717, 1.165) is 18.6 Å². The first kappa shape index (κ1) is 10.9. The Balaban J connectivity index is 1.78. The van der Waals surface area contributed by atoms with Gasteiger partial charge in [-0.15, -0.1) is 0 Å². The number of amides is 2. The van der Waals surface area contributed by atoms with E-state index in [2.05, 4.69) is 20.8 Å². The molecule has 2 atom stereocenters. The Morgan fingerprint density at radius 2 is 2.62 bits per heavy atom. The van der Waals surface area contributed by atoms with Gasteiger partial charge in [0.2, 0.25) is 0 Å². The average Bonchev–Trinajstić information content (AvgIpc) is 2.88. The Hall–Kier alpha value is -1.56. The molecule has 16 heavy (non-hydrogen) atoms. The molecule has 1 aliphatic heterocycles. The van der Waals surface area contributed by atoms with Crippen molar-refractivity contribution in [2.45, 2.75) is 25.4 Å². The van der Waals surface area contributed by atoms with Crippen molar-refractivity contribution in [3.63, 3.8) is 0 Å². The third-order valence-corrected chi connectivity index (χ3v) is 2.63. The molecule has 0 radical (unpaired) electrons. The van der Waals surface area contributed by atoms with Crippen molar-refractivity contribution in [3.8, 4) is 0 Å². The van der Waals surface area contributed by atoms with Crippen molar-refractivity contribution in [3.05, 3.63) is 18.0 Å². The van der Waals surface area contributed by atoms with Crippen LogP contribution in [-0.2, 0) is 4.74 Å². The molecule has 1 saturated heterocycles. The molecule has 6 heteroatoms. The predicted molar refractivity (Wildman–Crippen MR) is 57.9 cm³/mol. The lowest BCUT2D eigenvalue weighted by Gasteiger charge is -2.15. The van der Waals surface area contributed by atoms with Gasteiger partial charge in [0.25, 0.3) is 0 Å². The van der Waals surface area contributed by atoms with Gasteiger partial charge in [0, 0.05) is 18.4 Å². The predicted octanol–water partition coefficient (Wildman–Crippen LogP) is 0.559. The highest BCUT2D eigenvalue weighted by Gasteiger charge is 2.18. The third kappa shape index (κ3) is 2.73. The van der Waals surface area contributed by atoms with E-state index in [0.29, 0.717) is 6.61 Å². The molecule has 0 bridgehead atoms. The number of nitrogens with zero attached hydrogens (tertiary/aromatic N) is 1. The first-order valence-electron chi connectivity index (χ1n) is 5.39. The van der Waals surface area contributed by atoms with Gasteiger partial charge in [-0.2, -0.15) is 5.10 Å². The maximum absolute atomic E-state index is 11.6. The minimum atomic E-state index is -0.163. The molecular formula is C10H16N4O2. The summed E-state index contributed by atoms with van der Waals surface area (Å²) in [6, 6.07) is -0.0816. The summed E-state index contributed by atoms with van der Waals surface area (Å²) in [4.78, 5) is 11.6. The Labute approximate surface area is 93.8 Å². The minimum Gasteiger partial charge on any atom is -0.379 e. The molecule has 0 spiro atoms. The number of H-pyrrole nitrogens is 1. The summed E-state index contributed by atoms with van der Waals surface area (Å²) in [6.45, 7) is 3.24. The standard InChI is InChI=1S/C10H16N4O2/c1-7(8-4-11-12-5-8)13-10(15)14-9-2-3-16-6-9/h4-5,7,9H,2-3,6H2,1H3,(H,11,12)(H2,13,14,15). The van der Waals surface area contributed by atoms with Gasteiger partial charge >= 0.3 is 6.03 Å². The molecular weight excluding hydrogens is 208 g/mol. The van der Waals surface area contributed by atoms with Gasteiger partial charge in [-0.05, 0) is 13.3 Å². The third-order valence-electron chi connectivity index (χ3n) is 2.63. The lowest BCUT2D eigenvalue weighted by atomic mass is 10.2. The molecule has 88 valence electrons. The fraction of sp³-hybridized carbons (Fsp3) is 0.600. The van der Waals surface area contributed by atoms with E-state index in [9.17, 15) is 4.79 Å². The number of nitrogens with one attached hydrogen (secondary N) is 3. The normalized spacial score (nSPS) is 21.7. The van der Waals surface area contributed by atoms with Crippen LogP contribution < -0.4 is 10.6 Å². The van der Waals surface area contributed by atoms with E-state index >= 15 is 0 Å². The van der Waals surface area contributed by atoms with Crippen molar-refractivity contribution in [1.29, 1.82) is 0 Å². The molecule has 0 aromatic carbocycles.